The molecule has 5 nitrogen and oxygen atoms in total. The lowest BCUT2D eigenvalue weighted by atomic mass is 9.99. The minimum absolute atomic E-state index is 0.0208. The maximum atomic E-state index is 13.1. The predicted molar refractivity (Wildman–Crippen MR) is 102 cm³/mol. The standard InChI is InChI=1S/C21H19F3N4O/c22-21(23,24)17-7-3-1-6-16(17)13-28-12-14(11-26-28)10-25-19-9-15-5-2-4-8-18(15)27-20(19)29/h1-8,11-12,19,25H,9-10,13H2,(H,27,29). The largest absolute Gasteiger partial charge is 0.416 e. The molecule has 8 heteroatoms. The summed E-state index contributed by atoms with van der Waals surface area (Å²) in [6.45, 7) is 0.411. The number of para-hydroxylation sites is 1. The number of carbonyl (C=O) groups excluding carboxylic acids is 1. The predicted octanol–water partition coefficient (Wildman–Crippen LogP) is 3.60. The number of alkyl halides is 3. The first kappa shape index (κ1) is 19.2. The summed E-state index contributed by atoms with van der Waals surface area (Å²) < 4.78 is 40.9. The van der Waals surface area contributed by atoms with Crippen LogP contribution in [0.2, 0.25) is 0 Å². The van der Waals surface area contributed by atoms with Gasteiger partial charge in [0.15, 0.2) is 0 Å². The first-order valence-corrected chi connectivity index (χ1v) is 9.19. The normalized spacial score (nSPS) is 16.4. The van der Waals surface area contributed by atoms with Crippen LogP contribution in [0.3, 0.4) is 0 Å². The van der Waals surface area contributed by atoms with E-state index in [4.69, 9.17) is 0 Å². The van der Waals surface area contributed by atoms with E-state index in [1.807, 2.05) is 24.3 Å². The molecule has 1 aliphatic heterocycles. The number of nitrogens with zero attached hydrogens (tertiary/aromatic N) is 2. The van der Waals surface area contributed by atoms with Gasteiger partial charge in [0, 0.05) is 24.0 Å². The summed E-state index contributed by atoms with van der Waals surface area (Å²) in [6, 6.07) is 12.7. The molecule has 2 N–H and O–H groups in total. The Kier molecular flexibility index (Phi) is 5.10. The van der Waals surface area contributed by atoms with Crippen molar-refractivity contribution in [2.24, 2.45) is 0 Å². The second kappa shape index (κ2) is 7.71. The molecule has 2 aromatic carbocycles. The Bertz CT molecular complexity index is 1030. The highest BCUT2D eigenvalue weighted by Gasteiger charge is 2.33. The van der Waals surface area contributed by atoms with Gasteiger partial charge < -0.3 is 10.6 Å². The maximum Gasteiger partial charge on any atom is 0.416 e. The van der Waals surface area contributed by atoms with Crippen molar-refractivity contribution in [2.75, 3.05) is 5.32 Å². The number of anilines is 1. The number of halogens is 3. The third kappa shape index (κ3) is 4.32. The van der Waals surface area contributed by atoms with E-state index in [9.17, 15) is 18.0 Å². The Labute approximate surface area is 165 Å². The molecule has 0 bridgehead atoms. The van der Waals surface area contributed by atoms with Crippen molar-refractivity contribution in [3.8, 4) is 0 Å². The Hall–Kier alpha value is -3.13. The fourth-order valence-corrected chi connectivity index (χ4v) is 3.45. The molecule has 1 atom stereocenters. The van der Waals surface area contributed by atoms with Gasteiger partial charge in [0.05, 0.1) is 24.3 Å². The number of amides is 1. The zero-order valence-electron chi connectivity index (χ0n) is 15.4. The molecular formula is C21H19F3N4O. The highest BCUT2D eigenvalue weighted by Crippen LogP contribution is 2.32. The first-order valence-electron chi connectivity index (χ1n) is 9.19. The summed E-state index contributed by atoms with van der Waals surface area (Å²) in [4.78, 5) is 12.3. The van der Waals surface area contributed by atoms with Crippen LogP contribution in [0.25, 0.3) is 0 Å². The van der Waals surface area contributed by atoms with Crippen molar-refractivity contribution in [2.45, 2.75) is 31.7 Å². The Balaban J connectivity index is 1.40. The van der Waals surface area contributed by atoms with Crippen LogP contribution in [0.4, 0.5) is 18.9 Å². The lowest BCUT2D eigenvalue weighted by molar-refractivity contribution is -0.138. The summed E-state index contributed by atoms with van der Waals surface area (Å²) in [5.74, 6) is -0.102. The van der Waals surface area contributed by atoms with Crippen molar-refractivity contribution in [1.29, 1.82) is 0 Å². The zero-order valence-corrected chi connectivity index (χ0v) is 15.4. The van der Waals surface area contributed by atoms with Gasteiger partial charge in [0.25, 0.3) is 0 Å². The van der Waals surface area contributed by atoms with E-state index in [0.29, 0.717) is 13.0 Å². The second-order valence-electron chi connectivity index (χ2n) is 6.99. The van der Waals surface area contributed by atoms with Gasteiger partial charge in [-0.25, -0.2) is 0 Å². The Morgan fingerprint density at radius 3 is 2.72 bits per heavy atom. The SMILES string of the molecule is O=C1Nc2ccccc2CC1NCc1cnn(Cc2ccccc2C(F)(F)F)c1. The third-order valence-corrected chi connectivity index (χ3v) is 4.91. The van der Waals surface area contributed by atoms with Crippen molar-refractivity contribution >= 4 is 11.6 Å². The molecule has 0 saturated carbocycles. The van der Waals surface area contributed by atoms with E-state index in [1.165, 1.54) is 16.8 Å². The molecule has 0 spiro atoms. The molecule has 29 heavy (non-hydrogen) atoms. The van der Waals surface area contributed by atoms with E-state index in [2.05, 4.69) is 15.7 Å². The summed E-state index contributed by atoms with van der Waals surface area (Å²) in [6.07, 6.45) is -0.541. The van der Waals surface area contributed by atoms with Crippen molar-refractivity contribution in [3.05, 3.63) is 83.2 Å². The molecule has 0 aliphatic carbocycles. The highest BCUT2D eigenvalue weighted by atomic mass is 19.4. The number of nitrogens with one attached hydrogen (secondary N) is 2. The number of benzene rings is 2. The molecular weight excluding hydrogens is 381 g/mol. The average Bonchev–Trinajstić information content (AvgIpc) is 3.13. The molecule has 0 radical (unpaired) electrons. The lowest BCUT2D eigenvalue weighted by Gasteiger charge is -2.25. The topological polar surface area (TPSA) is 59.0 Å². The number of carbonyl (C=O) groups is 1. The van der Waals surface area contributed by atoms with Crippen LogP contribution in [0.1, 0.15) is 22.3 Å². The van der Waals surface area contributed by atoms with E-state index in [1.54, 1.807) is 18.5 Å². The quantitative estimate of drug-likeness (QED) is 0.688. The minimum atomic E-state index is -4.40. The van der Waals surface area contributed by atoms with Crippen LogP contribution in [-0.2, 0) is 30.5 Å². The molecule has 150 valence electrons. The van der Waals surface area contributed by atoms with Crippen LogP contribution in [0, 0.1) is 0 Å². The van der Waals surface area contributed by atoms with Crippen LogP contribution < -0.4 is 10.6 Å². The van der Waals surface area contributed by atoms with Crippen LogP contribution in [0.15, 0.2) is 60.9 Å². The first-order chi connectivity index (χ1) is 13.9. The molecule has 0 fully saturated rings. The minimum Gasteiger partial charge on any atom is -0.324 e. The van der Waals surface area contributed by atoms with E-state index < -0.39 is 11.7 Å². The number of aromatic nitrogens is 2. The molecule has 0 saturated heterocycles. The van der Waals surface area contributed by atoms with E-state index >= 15 is 0 Å². The van der Waals surface area contributed by atoms with Gasteiger partial charge >= 0.3 is 6.18 Å². The Morgan fingerprint density at radius 2 is 1.90 bits per heavy atom. The smallest absolute Gasteiger partial charge is 0.324 e. The maximum absolute atomic E-state index is 13.1. The van der Waals surface area contributed by atoms with Gasteiger partial charge in [0.2, 0.25) is 5.91 Å². The number of fused-ring (bicyclic) bond motifs is 1. The number of hydrogen-bond donors (Lipinski definition) is 2. The molecule has 1 amide bonds. The Morgan fingerprint density at radius 1 is 1.14 bits per heavy atom. The average molecular weight is 400 g/mol. The van der Waals surface area contributed by atoms with Gasteiger partial charge in [-0.3, -0.25) is 9.48 Å². The fourth-order valence-electron chi connectivity index (χ4n) is 3.45. The summed E-state index contributed by atoms with van der Waals surface area (Å²) in [5, 5.41) is 10.2. The van der Waals surface area contributed by atoms with Gasteiger partial charge in [-0.05, 0) is 29.7 Å². The van der Waals surface area contributed by atoms with Crippen LogP contribution in [0.5, 0.6) is 0 Å². The number of hydrogen-bond acceptors (Lipinski definition) is 3. The highest BCUT2D eigenvalue weighted by molar-refractivity contribution is 5.97. The fraction of sp³-hybridized carbons (Fsp3) is 0.238. The number of rotatable bonds is 5. The molecule has 4 rings (SSSR count). The van der Waals surface area contributed by atoms with Crippen molar-refractivity contribution in [1.82, 2.24) is 15.1 Å². The van der Waals surface area contributed by atoms with Crippen LogP contribution >= 0.6 is 0 Å². The molecule has 2 heterocycles. The molecule has 1 aromatic heterocycles. The second-order valence-corrected chi connectivity index (χ2v) is 6.99. The summed E-state index contributed by atoms with van der Waals surface area (Å²) >= 11 is 0. The van der Waals surface area contributed by atoms with Crippen molar-refractivity contribution < 1.29 is 18.0 Å². The monoisotopic (exact) mass is 400 g/mol. The van der Waals surface area contributed by atoms with E-state index in [-0.39, 0.29) is 24.1 Å². The zero-order chi connectivity index (χ0) is 20.4. The molecule has 1 unspecified atom stereocenters. The van der Waals surface area contributed by atoms with Gasteiger partial charge in [-0.2, -0.15) is 18.3 Å². The summed E-state index contributed by atoms with van der Waals surface area (Å²) in [7, 11) is 0. The van der Waals surface area contributed by atoms with Gasteiger partial charge in [0.1, 0.15) is 0 Å². The lowest BCUT2D eigenvalue weighted by Crippen LogP contribution is -2.44. The molecule has 1 aliphatic rings. The van der Waals surface area contributed by atoms with Gasteiger partial charge in [-0.15, -0.1) is 0 Å². The summed E-state index contributed by atoms with van der Waals surface area (Å²) in [5.41, 5.74) is 2.18. The van der Waals surface area contributed by atoms with E-state index in [0.717, 1.165) is 22.9 Å². The van der Waals surface area contributed by atoms with Gasteiger partial charge in [-0.1, -0.05) is 36.4 Å². The van der Waals surface area contributed by atoms with Crippen molar-refractivity contribution in [3.63, 3.8) is 0 Å². The van der Waals surface area contributed by atoms with Crippen LogP contribution in [-0.4, -0.2) is 21.7 Å². The molecule has 3 aromatic rings. The third-order valence-electron chi connectivity index (χ3n) is 4.91.